The Labute approximate surface area is 193 Å². The van der Waals surface area contributed by atoms with Crippen LogP contribution in [0.3, 0.4) is 0 Å². The Balaban J connectivity index is 1.91. The third kappa shape index (κ3) is 4.90. The Morgan fingerprint density at radius 1 is 0.971 bits per heavy atom. The van der Waals surface area contributed by atoms with Crippen molar-refractivity contribution in [2.45, 2.75) is 18.2 Å². The number of methoxy groups -OCH3 is 2. The second-order valence-electron chi connectivity index (χ2n) is 7.52. The molecule has 3 aromatic rings. The molecule has 0 amide bonds. The molecular formula is C23H20F3NO6S. The number of sulfonamides is 1. The highest BCUT2D eigenvalue weighted by molar-refractivity contribution is 7.88. The van der Waals surface area contributed by atoms with Gasteiger partial charge in [-0.25, -0.2) is 13.6 Å². The van der Waals surface area contributed by atoms with Crippen LogP contribution in [0.1, 0.15) is 22.8 Å². The Kier molecular flexibility index (Phi) is 6.09. The second-order valence-corrected chi connectivity index (χ2v) is 9.13. The monoisotopic (exact) mass is 495 g/mol. The maximum Gasteiger partial charge on any atom is 0.573 e. The molecule has 0 aromatic heterocycles. The van der Waals surface area contributed by atoms with Crippen LogP contribution in [-0.2, 0) is 15.8 Å². The van der Waals surface area contributed by atoms with Gasteiger partial charge in [0, 0.05) is 11.1 Å². The van der Waals surface area contributed by atoms with Crippen molar-refractivity contribution in [1.82, 2.24) is 0 Å². The van der Waals surface area contributed by atoms with Crippen LogP contribution in [0.25, 0.3) is 11.1 Å². The van der Waals surface area contributed by atoms with Gasteiger partial charge in [0.25, 0.3) is 0 Å². The van der Waals surface area contributed by atoms with Crippen LogP contribution in [0.4, 0.5) is 13.2 Å². The number of benzene rings is 3. The van der Waals surface area contributed by atoms with Crippen LogP contribution >= 0.6 is 0 Å². The summed E-state index contributed by atoms with van der Waals surface area (Å²) < 4.78 is 83.5. The largest absolute Gasteiger partial charge is 0.573 e. The van der Waals surface area contributed by atoms with Gasteiger partial charge < -0.3 is 18.9 Å². The third-order valence-corrected chi connectivity index (χ3v) is 5.94. The van der Waals surface area contributed by atoms with Gasteiger partial charge in [-0.15, -0.1) is 13.2 Å². The minimum atomic E-state index is -4.91. The summed E-state index contributed by atoms with van der Waals surface area (Å²) in [7, 11) is -0.891. The molecule has 1 unspecified atom stereocenters. The molecule has 0 spiro atoms. The van der Waals surface area contributed by atoms with Crippen LogP contribution in [-0.4, -0.2) is 29.0 Å². The summed E-state index contributed by atoms with van der Waals surface area (Å²) in [6.07, 6.45) is -5.70. The second kappa shape index (κ2) is 8.73. The van der Waals surface area contributed by atoms with Gasteiger partial charge in [0.2, 0.25) is 10.0 Å². The summed E-state index contributed by atoms with van der Waals surface area (Å²) in [5, 5.41) is 5.19. The molecule has 34 heavy (non-hydrogen) atoms. The van der Waals surface area contributed by atoms with E-state index in [9.17, 15) is 21.6 Å². The SMILES string of the molecule is COc1ccc(C2Oc3cccc(OC(F)(F)F)c3-c3ccc(CS(N)(=O)=O)cc32)cc1OC. The zero-order valence-electron chi connectivity index (χ0n) is 18.0. The molecular weight excluding hydrogens is 475 g/mol. The molecule has 0 saturated heterocycles. The summed E-state index contributed by atoms with van der Waals surface area (Å²) in [4.78, 5) is 0. The zero-order chi connectivity index (χ0) is 24.7. The summed E-state index contributed by atoms with van der Waals surface area (Å²) >= 11 is 0. The lowest BCUT2D eigenvalue weighted by molar-refractivity contribution is -0.274. The quantitative estimate of drug-likeness (QED) is 0.539. The maximum absolute atomic E-state index is 13.1. The molecule has 3 aromatic carbocycles. The zero-order valence-corrected chi connectivity index (χ0v) is 18.9. The van der Waals surface area contributed by atoms with Crippen LogP contribution in [0.15, 0.2) is 54.6 Å². The van der Waals surface area contributed by atoms with E-state index in [0.29, 0.717) is 33.8 Å². The highest BCUT2D eigenvalue weighted by Crippen LogP contribution is 2.50. The van der Waals surface area contributed by atoms with E-state index < -0.39 is 34.0 Å². The van der Waals surface area contributed by atoms with Crippen molar-refractivity contribution in [1.29, 1.82) is 0 Å². The molecule has 1 aliphatic rings. The molecule has 2 N–H and O–H groups in total. The molecule has 0 radical (unpaired) electrons. The van der Waals surface area contributed by atoms with Crippen molar-refractivity contribution in [2.24, 2.45) is 5.14 Å². The average Bonchev–Trinajstić information content (AvgIpc) is 2.76. The van der Waals surface area contributed by atoms with Gasteiger partial charge in [-0.2, -0.15) is 0 Å². The van der Waals surface area contributed by atoms with E-state index >= 15 is 0 Å². The number of halogens is 3. The van der Waals surface area contributed by atoms with E-state index in [2.05, 4.69) is 4.74 Å². The van der Waals surface area contributed by atoms with E-state index in [1.165, 1.54) is 44.6 Å². The number of primary sulfonamides is 1. The number of hydrogen-bond donors (Lipinski definition) is 1. The standard InChI is InChI=1S/C23H20F3NO6S/c1-30-17-9-7-14(11-20(17)31-2)22-16-10-13(12-34(27,28)29)6-8-15(16)21-18(32-22)4-3-5-19(21)33-23(24,25)26/h3-11,22H,12H2,1-2H3,(H2,27,28,29). The first-order chi connectivity index (χ1) is 16.0. The summed E-state index contributed by atoms with van der Waals surface area (Å²) in [5.74, 6) is 0.189. The van der Waals surface area contributed by atoms with E-state index in [4.69, 9.17) is 19.3 Å². The van der Waals surface area contributed by atoms with Gasteiger partial charge >= 0.3 is 6.36 Å². The van der Waals surface area contributed by atoms with Crippen LogP contribution < -0.4 is 24.1 Å². The Morgan fingerprint density at radius 2 is 1.71 bits per heavy atom. The lowest BCUT2D eigenvalue weighted by Gasteiger charge is -2.31. The third-order valence-electron chi connectivity index (χ3n) is 5.20. The predicted octanol–water partition coefficient (Wildman–Crippen LogP) is 4.54. The molecule has 0 aliphatic carbocycles. The molecule has 1 atom stereocenters. The van der Waals surface area contributed by atoms with Crippen molar-refractivity contribution >= 4 is 10.0 Å². The van der Waals surface area contributed by atoms with Gasteiger partial charge in [-0.1, -0.05) is 30.3 Å². The lowest BCUT2D eigenvalue weighted by Crippen LogP contribution is -2.21. The Hall–Kier alpha value is -3.44. The van der Waals surface area contributed by atoms with Gasteiger partial charge in [0.15, 0.2) is 11.5 Å². The Bertz CT molecular complexity index is 1340. The van der Waals surface area contributed by atoms with Crippen molar-refractivity contribution in [3.63, 3.8) is 0 Å². The van der Waals surface area contributed by atoms with Gasteiger partial charge in [-0.05, 0) is 35.4 Å². The molecule has 0 saturated carbocycles. The van der Waals surface area contributed by atoms with E-state index in [1.807, 2.05) is 0 Å². The molecule has 1 heterocycles. The fraction of sp³-hybridized carbons (Fsp3) is 0.217. The topological polar surface area (TPSA) is 97.1 Å². The molecule has 7 nitrogen and oxygen atoms in total. The lowest BCUT2D eigenvalue weighted by atomic mass is 9.88. The highest BCUT2D eigenvalue weighted by atomic mass is 32.2. The fourth-order valence-corrected chi connectivity index (χ4v) is 4.56. The number of hydrogen-bond acceptors (Lipinski definition) is 6. The van der Waals surface area contributed by atoms with E-state index in [0.717, 1.165) is 0 Å². The number of fused-ring (bicyclic) bond motifs is 3. The minimum Gasteiger partial charge on any atom is -0.493 e. The molecule has 1 aliphatic heterocycles. The van der Waals surface area contributed by atoms with Crippen molar-refractivity contribution in [3.05, 3.63) is 71.3 Å². The van der Waals surface area contributed by atoms with Gasteiger partial charge in [0.1, 0.15) is 17.6 Å². The average molecular weight is 495 g/mol. The van der Waals surface area contributed by atoms with Crippen LogP contribution in [0, 0.1) is 0 Å². The van der Waals surface area contributed by atoms with E-state index in [1.54, 1.807) is 24.3 Å². The first-order valence-electron chi connectivity index (χ1n) is 9.90. The molecule has 180 valence electrons. The molecule has 11 heteroatoms. The Morgan fingerprint density at radius 3 is 2.35 bits per heavy atom. The van der Waals surface area contributed by atoms with Crippen molar-refractivity contribution in [3.8, 4) is 34.1 Å². The summed E-state index contributed by atoms with van der Waals surface area (Å²) in [6.45, 7) is 0. The van der Waals surface area contributed by atoms with Gasteiger partial charge in [-0.3, -0.25) is 0 Å². The number of ether oxygens (including phenoxy) is 4. The van der Waals surface area contributed by atoms with Crippen LogP contribution in [0.5, 0.6) is 23.0 Å². The first-order valence-corrected chi connectivity index (χ1v) is 11.6. The van der Waals surface area contributed by atoms with E-state index in [-0.39, 0.29) is 11.3 Å². The smallest absolute Gasteiger partial charge is 0.493 e. The number of alkyl halides is 3. The summed E-state index contributed by atoms with van der Waals surface area (Å²) in [5.41, 5.74) is 1.92. The number of nitrogens with two attached hydrogens (primary N) is 1. The molecule has 0 fully saturated rings. The predicted molar refractivity (Wildman–Crippen MR) is 117 cm³/mol. The highest BCUT2D eigenvalue weighted by Gasteiger charge is 2.36. The van der Waals surface area contributed by atoms with Gasteiger partial charge in [0.05, 0.1) is 25.5 Å². The normalized spacial score (nSPS) is 15.1. The minimum absolute atomic E-state index is 0.105. The number of rotatable bonds is 6. The van der Waals surface area contributed by atoms with Crippen molar-refractivity contribution < 1.29 is 40.5 Å². The molecule has 0 bridgehead atoms. The first kappa shape index (κ1) is 23.7. The van der Waals surface area contributed by atoms with Crippen molar-refractivity contribution in [2.75, 3.05) is 14.2 Å². The molecule has 4 rings (SSSR count). The van der Waals surface area contributed by atoms with Crippen LogP contribution in [0.2, 0.25) is 0 Å². The summed E-state index contributed by atoms with van der Waals surface area (Å²) in [6, 6.07) is 13.8. The maximum atomic E-state index is 13.1. The fourth-order valence-electron chi connectivity index (χ4n) is 3.92.